The maximum Gasteiger partial charge on any atom is 0.0229 e. The minimum atomic E-state index is 0.744. The quantitative estimate of drug-likeness (QED) is 0.743. The maximum atomic E-state index is 3.40. The number of nitrogens with zero attached hydrogens (tertiary/aromatic N) is 1. The fraction of sp³-hybridized carbons (Fsp3) is 0.636. The number of aromatic amines is 1. The summed E-state index contributed by atoms with van der Waals surface area (Å²) in [4.78, 5) is 5.56. The van der Waals surface area contributed by atoms with Gasteiger partial charge in [0.05, 0.1) is 0 Å². The standard InChI is InChI=1S/C11H19N3/c1-14(11-3-6-13-9-11)7-4-10-2-5-12-8-10/h2,5,8,11-13H,3-4,6-7,9H2,1H3. The van der Waals surface area contributed by atoms with Crippen molar-refractivity contribution in [2.45, 2.75) is 18.9 Å². The van der Waals surface area contributed by atoms with Gasteiger partial charge in [0.25, 0.3) is 0 Å². The SMILES string of the molecule is CN(CCc1cc[nH]c1)C1CCNC1. The second-order valence-corrected chi connectivity index (χ2v) is 4.10. The Bertz CT molecular complexity index is 250. The van der Waals surface area contributed by atoms with Crippen LogP contribution in [0.1, 0.15) is 12.0 Å². The third-order valence-corrected chi connectivity index (χ3v) is 3.07. The van der Waals surface area contributed by atoms with Crippen LogP contribution in [0.15, 0.2) is 18.5 Å². The number of nitrogens with one attached hydrogen (secondary N) is 2. The number of hydrogen-bond acceptors (Lipinski definition) is 2. The predicted octanol–water partition coefficient (Wildman–Crippen LogP) is 0.851. The van der Waals surface area contributed by atoms with E-state index < -0.39 is 0 Å². The van der Waals surface area contributed by atoms with E-state index in [9.17, 15) is 0 Å². The van der Waals surface area contributed by atoms with Crippen molar-refractivity contribution in [3.05, 3.63) is 24.0 Å². The van der Waals surface area contributed by atoms with E-state index in [-0.39, 0.29) is 0 Å². The number of aromatic nitrogens is 1. The lowest BCUT2D eigenvalue weighted by atomic mass is 10.2. The molecule has 78 valence electrons. The summed E-state index contributed by atoms with van der Waals surface area (Å²) in [5.74, 6) is 0. The van der Waals surface area contributed by atoms with Crippen molar-refractivity contribution in [2.24, 2.45) is 0 Å². The molecule has 1 aromatic heterocycles. The summed E-state index contributed by atoms with van der Waals surface area (Å²) in [5.41, 5.74) is 1.41. The molecule has 2 N–H and O–H groups in total. The molecular weight excluding hydrogens is 174 g/mol. The summed E-state index contributed by atoms with van der Waals surface area (Å²) >= 11 is 0. The van der Waals surface area contributed by atoms with Crippen molar-refractivity contribution in [3.8, 4) is 0 Å². The molecule has 1 fully saturated rings. The third kappa shape index (κ3) is 2.36. The van der Waals surface area contributed by atoms with Crippen LogP contribution in [0.25, 0.3) is 0 Å². The van der Waals surface area contributed by atoms with Crippen molar-refractivity contribution in [1.82, 2.24) is 15.2 Å². The highest BCUT2D eigenvalue weighted by molar-refractivity contribution is 5.08. The smallest absolute Gasteiger partial charge is 0.0229 e. The van der Waals surface area contributed by atoms with Crippen LogP contribution < -0.4 is 5.32 Å². The van der Waals surface area contributed by atoms with Crippen LogP contribution in [0.4, 0.5) is 0 Å². The lowest BCUT2D eigenvalue weighted by molar-refractivity contribution is 0.260. The highest BCUT2D eigenvalue weighted by Crippen LogP contribution is 2.07. The topological polar surface area (TPSA) is 31.1 Å². The first-order valence-electron chi connectivity index (χ1n) is 5.39. The van der Waals surface area contributed by atoms with E-state index >= 15 is 0 Å². The van der Waals surface area contributed by atoms with Crippen LogP contribution in [0, 0.1) is 0 Å². The molecule has 2 rings (SSSR count). The van der Waals surface area contributed by atoms with E-state index in [1.165, 1.54) is 18.5 Å². The van der Waals surface area contributed by atoms with E-state index in [2.05, 4.69) is 34.5 Å². The Labute approximate surface area is 85.5 Å². The van der Waals surface area contributed by atoms with Crippen molar-refractivity contribution in [2.75, 3.05) is 26.7 Å². The fourth-order valence-electron chi connectivity index (χ4n) is 2.02. The van der Waals surface area contributed by atoms with Crippen LogP contribution in [-0.4, -0.2) is 42.6 Å². The molecule has 14 heavy (non-hydrogen) atoms. The summed E-state index contributed by atoms with van der Waals surface area (Å²) in [5, 5.41) is 3.40. The van der Waals surface area contributed by atoms with Gasteiger partial charge in [-0.2, -0.15) is 0 Å². The van der Waals surface area contributed by atoms with Gasteiger partial charge in [-0.25, -0.2) is 0 Å². The maximum absolute atomic E-state index is 3.40. The van der Waals surface area contributed by atoms with Gasteiger partial charge in [0.1, 0.15) is 0 Å². The number of H-pyrrole nitrogens is 1. The molecule has 0 bridgehead atoms. The molecule has 0 aromatic carbocycles. The molecule has 0 spiro atoms. The van der Waals surface area contributed by atoms with Gasteiger partial charge in [-0.3, -0.25) is 0 Å². The largest absolute Gasteiger partial charge is 0.367 e. The predicted molar refractivity (Wildman–Crippen MR) is 58.4 cm³/mol. The normalized spacial score (nSPS) is 22.0. The summed E-state index contributed by atoms with van der Waals surface area (Å²) in [6.45, 7) is 3.49. The van der Waals surface area contributed by atoms with Crippen molar-refractivity contribution >= 4 is 0 Å². The second-order valence-electron chi connectivity index (χ2n) is 4.10. The molecule has 1 saturated heterocycles. The van der Waals surface area contributed by atoms with Crippen LogP contribution >= 0.6 is 0 Å². The van der Waals surface area contributed by atoms with Gasteiger partial charge in [-0.05, 0) is 38.1 Å². The minimum absolute atomic E-state index is 0.744. The van der Waals surface area contributed by atoms with Crippen molar-refractivity contribution < 1.29 is 0 Å². The molecular formula is C11H19N3. The first-order valence-corrected chi connectivity index (χ1v) is 5.39. The van der Waals surface area contributed by atoms with Crippen LogP contribution in [0.2, 0.25) is 0 Å². The van der Waals surface area contributed by atoms with Gasteiger partial charge in [-0.15, -0.1) is 0 Å². The monoisotopic (exact) mass is 193 g/mol. The summed E-state index contributed by atoms with van der Waals surface area (Å²) < 4.78 is 0. The Morgan fingerprint density at radius 3 is 3.14 bits per heavy atom. The van der Waals surface area contributed by atoms with E-state index in [1.54, 1.807) is 0 Å². The molecule has 2 heterocycles. The lowest BCUT2D eigenvalue weighted by Crippen LogP contribution is -2.34. The fourth-order valence-corrected chi connectivity index (χ4v) is 2.02. The first-order chi connectivity index (χ1) is 6.86. The van der Waals surface area contributed by atoms with E-state index in [0.29, 0.717) is 0 Å². The van der Waals surface area contributed by atoms with Gasteiger partial charge in [0.15, 0.2) is 0 Å². The van der Waals surface area contributed by atoms with Crippen LogP contribution in [0.3, 0.4) is 0 Å². The number of hydrogen-bond donors (Lipinski definition) is 2. The second kappa shape index (κ2) is 4.62. The molecule has 1 aromatic rings. The molecule has 0 radical (unpaired) electrons. The van der Waals surface area contributed by atoms with Gasteiger partial charge < -0.3 is 15.2 Å². The van der Waals surface area contributed by atoms with E-state index in [4.69, 9.17) is 0 Å². The third-order valence-electron chi connectivity index (χ3n) is 3.07. The number of likely N-dealkylation sites (N-methyl/N-ethyl adjacent to an activating group) is 1. The highest BCUT2D eigenvalue weighted by atomic mass is 15.2. The average Bonchev–Trinajstić information content (AvgIpc) is 2.87. The minimum Gasteiger partial charge on any atom is -0.367 e. The Hall–Kier alpha value is -0.800. The Kier molecular flexibility index (Phi) is 3.22. The molecule has 0 aliphatic carbocycles. The van der Waals surface area contributed by atoms with E-state index in [1.807, 2.05) is 6.20 Å². The lowest BCUT2D eigenvalue weighted by Gasteiger charge is -2.22. The van der Waals surface area contributed by atoms with Crippen molar-refractivity contribution in [3.63, 3.8) is 0 Å². The van der Waals surface area contributed by atoms with Crippen LogP contribution in [0.5, 0.6) is 0 Å². The van der Waals surface area contributed by atoms with Crippen LogP contribution in [-0.2, 0) is 6.42 Å². The Morgan fingerprint density at radius 1 is 1.57 bits per heavy atom. The summed E-state index contributed by atoms with van der Waals surface area (Å²) in [6, 6.07) is 2.90. The van der Waals surface area contributed by atoms with Gasteiger partial charge in [-0.1, -0.05) is 0 Å². The number of rotatable bonds is 4. The first kappa shape index (κ1) is 9.74. The van der Waals surface area contributed by atoms with Gasteiger partial charge >= 0.3 is 0 Å². The molecule has 0 saturated carbocycles. The average molecular weight is 193 g/mol. The molecule has 1 unspecified atom stereocenters. The molecule has 3 nitrogen and oxygen atoms in total. The molecule has 1 atom stereocenters. The zero-order valence-electron chi connectivity index (χ0n) is 8.79. The molecule has 0 amide bonds. The Morgan fingerprint density at radius 2 is 2.50 bits per heavy atom. The molecule has 3 heteroatoms. The Balaban J connectivity index is 1.74. The van der Waals surface area contributed by atoms with Gasteiger partial charge in [0, 0.05) is 31.5 Å². The van der Waals surface area contributed by atoms with Gasteiger partial charge in [0.2, 0.25) is 0 Å². The zero-order chi connectivity index (χ0) is 9.80. The molecule has 1 aliphatic rings. The molecule has 1 aliphatic heterocycles. The summed E-state index contributed by atoms with van der Waals surface area (Å²) in [6.07, 6.45) is 6.52. The summed E-state index contributed by atoms with van der Waals surface area (Å²) in [7, 11) is 2.23. The zero-order valence-corrected chi connectivity index (χ0v) is 8.79. The van der Waals surface area contributed by atoms with E-state index in [0.717, 1.165) is 25.6 Å². The highest BCUT2D eigenvalue weighted by Gasteiger charge is 2.18. The van der Waals surface area contributed by atoms with Crippen molar-refractivity contribution in [1.29, 1.82) is 0 Å².